The molecule has 0 bridgehead atoms. The predicted octanol–water partition coefficient (Wildman–Crippen LogP) is 3.19. The molecule has 51 heavy (non-hydrogen) atoms. The maximum atomic E-state index is 13.4. The number of benzene rings is 2. The van der Waals surface area contributed by atoms with Crippen molar-refractivity contribution in [2.75, 3.05) is 44.2 Å². The number of carbonyl (C=O) groups is 4. The first-order valence-corrected chi connectivity index (χ1v) is 19.2. The maximum absolute atomic E-state index is 13.4. The van der Waals surface area contributed by atoms with Crippen LogP contribution in [0.2, 0.25) is 0 Å². The molecule has 274 valence electrons. The van der Waals surface area contributed by atoms with Gasteiger partial charge in [-0.15, -0.1) is 4.31 Å². The number of nitrogens with one attached hydrogen (secondary N) is 2. The normalized spacial score (nSPS) is 23.5. The van der Waals surface area contributed by atoms with Crippen molar-refractivity contribution in [1.82, 2.24) is 24.7 Å². The second-order valence-electron chi connectivity index (χ2n) is 15.2. The molecule has 0 saturated carbocycles. The molecule has 2 aromatic carbocycles. The van der Waals surface area contributed by atoms with Gasteiger partial charge in [0, 0.05) is 81.6 Å². The highest BCUT2D eigenvalue weighted by Crippen LogP contribution is 2.33. The van der Waals surface area contributed by atoms with Gasteiger partial charge < -0.3 is 29.1 Å². The van der Waals surface area contributed by atoms with E-state index >= 15 is 0 Å². The number of anilines is 1. The van der Waals surface area contributed by atoms with Crippen LogP contribution in [0.3, 0.4) is 0 Å². The molecule has 0 aromatic heterocycles. The summed E-state index contributed by atoms with van der Waals surface area (Å²) in [5.41, 5.74) is 2.11. The average molecular weight is 721 g/mol. The molecule has 4 fully saturated rings. The molecule has 0 aliphatic carbocycles. The number of fused-ring (bicyclic) bond motifs is 1. The molecule has 2 aromatic rings. The summed E-state index contributed by atoms with van der Waals surface area (Å²) in [5, 5.41) is 5.30. The summed E-state index contributed by atoms with van der Waals surface area (Å²) < 4.78 is 27.0. The van der Waals surface area contributed by atoms with Gasteiger partial charge in [0.25, 0.3) is 5.91 Å². The number of hydrogen-bond acceptors (Lipinski definition) is 10. The predicted molar refractivity (Wildman–Crippen MR) is 191 cm³/mol. The molecule has 0 spiro atoms. The Balaban J connectivity index is 0.844. The molecule has 2 atom stereocenters. The lowest BCUT2D eigenvalue weighted by Gasteiger charge is -2.47. The summed E-state index contributed by atoms with van der Waals surface area (Å²) in [4.78, 5) is 56.4. The first kappa shape index (κ1) is 35.5. The molecule has 14 heteroatoms. The fourth-order valence-corrected chi connectivity index (χ4v) is 8.98. The number of hydrogen-bond donors (Lipinski definition) is 2. The Hall–Kier alpha value is -3.85. The molecule has 13 nitrogen and oxygen atoms in total. The van der Waals surface area contributed by atoms with Crippen molar-refractivity contribution in [2.24, 2.45) is 0 Å². The fourth-order valence-electron chi connectivity index (χ4n) is 7.73. The van der Waals surface area contributed by atoms with Gasteiger partial charge in [0.15, 0.2) is 4.90 Å². The standard InChI is InChI=1S/C37H48N6O7S/c1-37(2,3)50-36(47)38-25-11-17-42(18-12-25)51(48)30-6-4-5-28(20-30)49-29-22-41(23-29)26-13-15-40(16-14-26)27-7-8-31-24(19-27)21-43(35(31)46)32-9-10-33(44)39-34(32)45/h4-8,19-20,25-26,29,32H,9-18,21-23H2,1-3H3,(H,38,47)(H,39,44,45). The molecular weight excluding hydrogens is 673 g/mol. The number of nitrogens with zero attached hydrogens (tertiary/aromatic N) is 4. The molecule has 4 amide bonds. The number of ether oxygens (including phenoxy) is 2. The highest BCUT2D eigenvalue weighted by molar-refractivity contribution is 7.89. The van der Waals surface area contributed by atoms with Gasteiger partial charge >= 0.3 is 6.09 Å². The van der Waals surface area contributed by atoms with Crippen LogP contribution in [0.15, 0.2) is 47.4 Å². The lowest BCUT2D eigenvalue weighted by atomic mass is 9.97. The zero-order valence-electron chi connectivity index (χ0n) is 29.6. The van der Waals surface area contributed by atoms with Crippen molar-refractivity contribution >= 4 is 40.9 Å². The van der Waals surface area contributed by atoms with Crippen LogP contribution in [-0.4, -0.2) is 112 Å². The Labute approximate surface area is 302 Å². The Morgan fingerprint density at radius 2 is 1.71 bits per heavy atom. The zero-order valence-corrected chi connectivity index (χ0v) is 30.4. The van der Waals surface area contributed by atoms with Gasteiger partial charge in [-0.3, -0.25) is 24.6 Å². The smallest absolute Gasteiger partial charge is 0.407 e. The van der Waals surface area contributed by atoms with Crippen molar-refractivity contribution in [3.8, 4) is 5.75 Å². The van der Waals surface area contributed by atoms with E-state index in [4.69, 9.17) is 9.47 Å². The SMILES string of the molecule is CC(C)(C)OC(=O)NC1CCN([S+]([O-])c2cccc(OC3CN(C4CCN(c5ccc6c(c5)CN(C5CCC(=O)NC5=O)C6=O)CC4)C3)c2)CC1. The van der Waals surface area contributed by atoms with E-state index in [9.17, 15) is 23.7 Å². The van der Waals surface area contributed by atoms with Gasteiger partial charge in [0.2, 0.25) is 11.8 Å². The van der Waals surface area contributed by atoms with Gasteiger partial charge in [-0.05, 0) is 88.8 Å². The summed E-state index contributed by atoms with van der Waals surface area (Å²) in [6.07, 6.45) is 3.75. The van der Waals surface area contributed by atoms with Crippen molar-refractivity contribution in [1.29, 1.82) is 0 Å². The van der Waals surface area contributed by atoms with E-state index in [2.05, 4.69) is 26.5 Å². The Bertz CT molecular complexity index is 1650. The summed E-state index contributed by atoms with van der Waals surface area (Å²) in [5.74, 6) is -0.0933. The maximum Gasteiger partial charge on any atom is 0.407 e. The summed E-state index contributed by atoms with van der Waals surface area (Å²) in [6.45, 7) is 10.7. The van der Waals surface area contributed by atoms with E-state index in [1.54, 1.807) is 4.90 Å². The van der Waals surface area contributed by atoms with Crippen LogP contribution < -0.4 is 20.3 Å². The lowest BCUT2D eigenvalue weighted by Crippen LogP contribution is -2.59. The van der Waals surface area contributed by atoms with E-state index in [1.807, 2.05) is 61.5 Å². The van der Waals surface area contributed by atoms with Crippen LogP contribution in [0.25, 0.3) is 0 Å². The monoisotopic (exact) mass is 720 g/mol. The third-order valence-electron chi connectivity index (χ3n) is 10.4. The second kappa shape index (κ2) is 14.6. The van der Waals surface area contributed by atoms with Crippen LogP contribution in [0.5, 0.6) is 5.75 Å². The number of amides is 4. The minimum atomic E-state index is -1.31. The van der Waals surface area contributed by atoms with E-state index < -0.39 is 35.0 Å². The first-order chi connectivity index (χ1) is 24.4. The zero-order chi connectivity index (χ0) is 35.9. The third-order valence-corrected chi connectivity index (χ3v) is 11.9. The first-order valence-electron chi connectivity index (χ1n) is 18.1. The molecule has 5 aliphatic heterocycles. The van der Waals surface area contributed by atoms with Crippen molar-refractivity contribution in [3.05, 3.63) is 53.6 Å². The minimum Gasteiger partial charge on any atom is -0.593 e. The van der Waals surface area contributed by atoms with Gasteiger partial charge in [-0.25, -0.2) is 4.79 Å². The van der Waals surface area contributed by atoms with E-state index in [-0.39, 0.29) is 30.4 Å². The van der Waals surface area contributed by atoms with Gasteiger partial charge in [-0.2, -0.15) is 0 Å². The summed E-state index contributed by atoms with van der Waals surface area (Å²) in [7, 11) is 0. The topological polar surface area (TPSA) is 147 Å². The van der Waals surface area contributed by atoms with E-state index in [1.165, 1.54) is 0 Å². The Morgan fingerprint density at radius 3 is 2.41 bits per heavy atom. The highest BCUT2D eigenvalue weighted by atomic mass is 32.2. The second-order valence-corrected chi connectivity index (χ2v) is 16.7. The van der Waals surface area contributed by atoms with Crippen molar-refractivity contribution in [2.45, 2.75) is 101 Å². The van der Waals surface area contributed by atoms with Crippen molar-refractivity contribution in [3.63, 3.8) is 0 Å². The number of alkyl carbamates (subject to hydrolysis) is 1. The molecule has 2 unspecified atom stereocenters. The third kappa shape index (κ3) is 8.14. The summed E-state index contributed by atoms with van der Waals surface area (Å²) >= 11 is -1.31. The van der Waals surface area contributed by atoms with Crippen LogP contribution in [0, 0.1) is 0 Å². The van der Waals surface area contributed by atoms with Crippen molar-refractivity contribution < 1.29 is 33.2 Å². The average Bonchev–Trinajstić information content (AvgIpc) is 3.40. The van der Waals surface area contributed by atoms with Crippen LogP contribution in [0.4, 0.5) is 10.5 Å². The number of imide groups is 1. The molecule has 0 radical (unpaired) electrons. The van der Waals surface area contributed by atoms with Gasteiger partial charge in [0.1, 0.15) is 23.5 Å². The van der Waals surface area contributed by atoms with Crippen LogP contribution >= 0.6 is 0 Å². The number of carbonyl (C=O) groups excluding carboxylic acids is 4. The molecule has 2 N–H and O–H groups in total. The summed E-state index contributed by atoms with van der Waals surface area (Å²) in [6, 6.07) is 13.4. The molecule has 5 aliphatic rings. The molecule has 4 saturated heterocycles. The quantitative estimate of drug-likeness (QED) is 0.308. The largest absolute Gasteiger partial charge is 0.593 e. The van der Waals surface area contributed by atoms with Gasteiger partial charge in [-0.1, -0.05) is 6.07 Å². The van der Waals surface area contributed by atoms with Crippen LogP contribution in [-0.2, 0) is 32.2 Å². The molecular formula is C37H48N6O7S. The Kier molecular flexibility index (Phi) is 10.2. The van der Waals surface area contributed by atoms with E-state index in [0.29, 0.717) is 55.4 Å². The highest BCUT2D eigenvalue weighted by Gasteiger charge is 2.40. The Morgan fingerprint density at radius 1 is 0.961 bits per heavy atom. The van der Waals surface area contributed by atoms with E-state index in [0.717, 1.165) is 56.0 Å². The molecule has 5 heterocycles. The number of likely N-dealkylation sites (tertiary alicyclic amines) is 1. The van der Waals surface area contributed by atoms with Crippen LogP contribution in [0.1, 0.15) is 75.2 Å². The molecule has 7 rings (SSSR count). The van der Waals surface area contributed by atoms with Gasteiger partial charge in [0.05, 0.1) is 11.4 Å². The number of rotatable bonds is 8. The number of piperidine rings is 3. The lowest BCUT2D eigenvalue weighted by molar-refractivity contribution is -0.136. The fraction of sp³-hybridized carbons (Fsp3) is 0.568. The minimum absolute atomic E-state index is 0.00230.